The van der Waals surface area contributed by atoms with Crippen LogP contribution in [0.5, 0.6) is 5.75 Å². The summed E-state index contributed by atoms with van der Waals surface area (Å²) in [6.45, 7) is 4.48. The fraction of sp³-hybridized carbons (Fsp3) is 0.407. The highest BCUT2D eigenvalue weighted by molar-refractivity contribution is 5.40. The fourth-order valence-corrected chi connectivity index (χ4v) is 4.95. The van der Waals surface area contributed by atoms with Crippen LogP contribution in [0.15, 0.2) is 65.7 Å². The topological polar surface area (TPSA) is 67.6 Å². The lowest BCUT2D eigenvalue weighted by Gasteiger charge is -2.38. The zero-order chi connectivity index (χ0) is 23.2. The first-order chi connectivity index (χ1) is 16.1. The third-order valence-corrected chi connectivity index (χ3v) is 6.72. The number of hydrogen-bond acceptors (Lipinski definition) is 5. The highest BCUT2D eigenvalue weighted by Gasteiger charge is 2.32. The highest BCUT2D eigenvalue weighted by Crippen LogP contribution is 2.35. The molecule has 174 valence electrons. The summed E-state index contributed by atoms with van der Waals surface area (Å²) in [6, 6.07) is 15.9. The summed E-state index contributed by atoms with van der Waals surface area (Å²) >= 11 is 0. The van der Waals surface area contributed by atoms with E-state index in [1.54, 1.807) is 30.1 Å². The molecule has 6 heteroatoms. The van der Waals surface area contributed by atoms with Crippen LogP contribution in [0.3, 0.4) is 0 Å². The Bertz CT molecular complexity index is 1090. The molecule has 3 aromatic rings. The molecule has 1 saturated heterocycles. The van der Waals surface area contributed by atoms with E-state index in [0.717, 1.165) is 43.6 Å². The molecule has 33 heavy (non-hydrogen) atoms. The molecule has 0 bridgehead atoms. The molecule has 0 unspecified atom stereocenters. The first-order valence-electron chi connectivity index (χ1n) is 11.7. The molecule has 3 heterocycles. The number of pyridine rings is 2. The number of nitrogens with zero attached hydrogens (tertiary/aromatic N) is 3. The zero-order valence-corrected chi connectivity index (χ0v) is 19.5. The molecule has 1 atom stereocenters. The molecule has 6 nitrogen and oxygen atoms in total. The van der Waals surface area contributed by atoms with Gasteiger partial charge in [-0.3, -0.25) is 14.7 Å². The lowest BCUT2D eigenvalue weighted by atomic mass is 9.88. The van der Waals surface area contributed by atoms with Crippen LogP contribution in [-0.2, 0) is 17.7 Å². The van der Waals surface area contributed by atoms with E-state index in [9.17, 15) is 9.90 Å². The standard InChI is InChI=1S/C27H33N3O3/c1-20-18-24(31)25(27(32)30(20)16-17-33-2)26(23-8-12-28-13-9-23)29-14-10-22(11-15-29)19-21-6-4-3-5-7-21/h3-9,12-13,18,22,26,31H,10-11,14-17,19H2,1-2H3/t26-/m0/s1. The molecular weight excluding hydrogens is 414 g/mol. The zero-order valence-electron chi connectivity index (χ0n) is 19.5. The van der Waals surface area contributed by atoms with Gasteiger partial charge in [-0.15, -0.1) is 0 Å². The second kappa shape index (κ2) is 10.8. The normalized spacial score (nSPS) is 16.1. The maximum Gasteiger partial charge on any atom is 0.259 e. The Morgan fingerprint density at radius 3 is 2.48 bits per heavy atom. The van der Waals surface area contributed by atoms with Crippen molar-refractivity contribution in [2.45, 2.75) is 38.8 Å². The monoisotopic (exact) mass is 447 g/mol. The average Bonchev–Trinajstić information content (AvgIpc) is 2.83. The van der Waals surface area contributed by atoms with Gasteiger partial charge in [0.1, 0.15) is 5.75 Å². The molecule has 0 radical (unpaired) electrons. The summed E-state index contributed by atoms with van der Waals surface area (Å²) < 4.78 is 6.91. The van der Waals surface area contributed by atoms with Crippen LogP contribution in [0.25, 0.3) is 0 Å². The summed E-state index contributed by atoms with van der Waals surface area (Å²) in [6.07, 6.45) is 6.69. The third-order valence-electron chi connectivity index (χ3n) is 6.72. The van der Waals surface area contributed by atoms with Crippen molar-refractivity contribution in [2.24, 2.45) is 5.92 Å². The fourth-order valence-electron chi connectivity index (χ4n) is 4.95. The summed E-state index contributed by atoms with van der Waals surface area (Å²) in [4.78, 5) is 20.1. The van der Waals surface area contributed by atoms with Gasteiger partial charge in [0.25, 0.3) is 5.56 Å². The quantitative estimate of drug-likeness (QED) is 0.566. The SMILES string of the molecule is COCCn1c(C)cc(O)c([C@H](c2ccncc2)N2CCC(Cc3ccccc3)CC2)c1=O. The van der Waals surface area contributed by atoms with Gasteiger partial charge in [-0.1, -0.05) is 30.3 Å². The number of aryl methyl sites for hydroxylation is 1. The maximum atomic E-state index is 13.6. The Morgan fingerprint density at radius 2 is 1.82 bits per heavy atom. The summed E-state index contributed by atoms with van der Waals surface area (Å²) in [7, 11) is 1.63. The van der Waals surface area contributed by atoms with E-state index in [1.165, 1.54) is 5.56 Å². The van der Waals surface area contributed by atoms with Gasteiger partial charge in [0.15, 0.2) is 0 Å². The molecule has 0 amide bonds. The minimum atomic E-state index is -0.312. The maximum absolute atomic E-state index is 13.6. The third kappa shape index (κ3) is 5.34. The molecule has 1 fully saturated rings. The first kappa shape index (κ1) is 23.2. The first-order valence-corrected chi connectivity index (χ1v) is 11.7. The van der Waals surface area contributed by atoms with Crippen molar-refractivity contribution in [1.82, 2.24) is 14.5 Å². The lowest BCUT2D eigenvalue weighted by molar-refractivity contribution is 0.147. The summed E-state index contributed by atoms with van der Waals surface area (Å²) in [5, 5.41) is 10.9. The van der Waals surface area contributed by atoms with Gasteiger partial charge < -0.3 is 14.4 Å². The number of methoxy groups -OCH3 is 1. The number of rotatable bonds is 8. The van der Waals surface area contributed by atoms with E-state index < -0.39 is 0 Å². The van der Waals surface area contributed by atoms with Crippen molar-refractivity contribution in [3.05, 3.63) is 93.7 Å². The molecule has 1 aliphatic heterocycles. The molecule has 2 aromatic heterocycles. The van der Waals surface area contributed by atoms with Gasteiger partial charge in [-0.05, 0) is 74.5 Å². The van der Waals surface area contributed by atoms with E-state index in [4.69, 9.17) is 4.74 Å². The van der Waals surface area contributed by atoms with Crippen LogP contribution in [0.4, 0.5) is 0 Å². The van der Waals surface area contributed by atoms with E-state index >= 15 is 0 Å². The van der Waals surface area contributed by atoms with Crippen molar-refractivity contribution in [1.29, 1.82) is 0 Å². The predicted octanol–water partition coefficient (Wildman–Crippen LogP) is 3.95. The average molecular weight is 448 g/mol. The number of piperidine rings is 1. The number of hydrogen-bond donors (Lipinski definition) is 1. The number of aromatic hydroxyl groups is 1. The minimum Gasteiger partial charge on any atom is -0.507 e. The number of likely N-dealkylation sites (tertiary alicyclic amines) is 1. The lowest BCUT2D eigenvalue weighted by Crippen LogP contribution is -2.41. The molecule has 0 spiro atoms. The molecule has 1 aliphatic rings. The smallest absolute Gasteiger partial charge is 0.259 e. The summed E-state index contributed by atoms with van der Waals surface area (Å²) in [5.41, 5.74) is 3.36. The molecule has 1 N–H and O–H groups in total. The van der Waals surface area contributed by atoms with Crippen LogP contribution in [0.2, 0.25) is 0 Å². The molecule has 4 rings (SSSR count). The Morgan fingerprint density at radius 1 is 1.12 bits per heavy atom. The van der Waals surface area contributed by atoms with Gasteiger partial charge in [-0.2, -0.15) is 0 Å². The summed E-state index contributed by atoms with van der Waals surface area (Å²) in [5.74, 6) is 0.672. The van der Waals surface area contributed by atoms with Gasteiger partial charge in [0.05, 0.1) is 18.2 Å². The second-order valence-electron chi connectivity index (χ2n) is 8.89. The Hall–Kier alpha value is -2.96. The second-order valence-corrected chi connectivity index (χ2v) is 8.89. The molecular formula is C27H33N3O3. The minimum absolute atomic E-state index is 0.0550. The van der Waals surface area contributed by atoms with Crippen LogP contribution in [-0.4, -0.2) is 46.4 Å². The largest absolute Gasteiger partial charge is 0.507 e. The van der Waals surface area contributed by atoms with Crippen molar-refractivity contribution in [3.63, 3.8) is 0 Å². The van der Waals surface area contributed by atoms with Crippen molar-refractivity contribution in [3.8, 4) is 5.75 Å². The van der Waals surface area contributed by atoms with Crippen molar-refractivity contribution >= 4 is 0 Å². The number of benzene rings is 1. The Labute approximate surface area is 195 Å². The predicted molar refractivity (Wildman–Crippen MR) is 130 cm³/mol. The van der Waals surface area contributed by atoms with E-state index in [-0.39, 0.29) is 17.4 Å². The van der Waals surface area contributed by atoms with Crippen LogP contribution in [0.1, 0.15) is 41.3 Å². The van der Waals surface area contributed by atoms with Crippen molar-refractivity contribution < 1.29 is 9.84 Å². The van der Waals surface area contributed by atoms with E-state index in [0.29, 0.717) is 24.6 Å². The number of ether oxygens (including phenoxy) is 1. The van der Waals surface area contributed by atoms with Gasteiger partial charge >= 0.3 is 0 Å². The van der Waals surface area contributed by atoms with Crippen LogP contribution in [0, 0.1) is 12.8 Å². The Balaban J connectivity index is 1.63. The number of aromatic nitrogens is 2. The molecule has 0 saturated carbocycles. The van der Waals surface area contributed by atoms with E-state index in [2.05, 4.69) is 40.2 Å². The van der Waals surface area contributed by atoms with Gasteiger partial charge in [0, 0.05) is 31.7 Å². The van der Waals surface area contributed by atoms with Crippen LogP contribution >= 0.6 is 0 Å². The molecule has 1 aromatic carbocycles. The van der Waals surface area contributed by atoms with Crippen LogP contribution < -0.4 is 5.56 Å². The Kier molecular flexibility index (Phi) is 7.57. The highest BCUT2D eigenvalue weighted by atomic mass is 16.5. The van der Waals surface area contributed by atoms with Gasteiger partial charge in [-0.25, -0.2) is 0 Å². The van der Waals surface area contributed by atoms with E-state index in [1.807, 2.05) is 19.1 Å². The van der Waals surface area contributed by atoms with Gasteiger partial charge in [0.2, 0.25) is 0 Å². The van der Waals surface area contributed by atoms with Crippen molar-refractivity contribution in [2.75, 3.05) is 26.8 Å². The molecule has 0 aliphatic carbocycles.